The summed E-state index contributed by atoms with van der Waals surface area (Å²) in [4.78, 5) is 16.8. The van der Waals surface area contributed by atoms with Crippen molar-refractivity contribution in [2.24, 2.45) is 5.92 Å². The Morgan fingerprint density at radius 3 is 2.30 bits per heavy atom. The van der Waals surface area contributed by atoms with E-state index in [0.717, 1.165) is 27.7 Å². The third-order valence-electron chi connectivity index (χ3n) is 4.07. The number of carbonyl (C=O) groups excluding carboxylic acids is 1. The second kappa shape index (κ2) is 8.75. The van der Waals surface area contributed by atoms with Crippen LogP contribution in [0.25, 0.3) is 0 Å². The monoisotopic (exact) mass is 515 g/mol. The molecule has 0 radical (unpaired) electrons. The molecule has 5 nitrogen and oxygen atoms in total. The molecule has 3 rings (SSSR count). The lowest BCUT2D eigenvalue weighted by molar-refractivity contribution is 0.215. The maximum absolute atomic E-state index is 12.5. The Kier molecular flexibility index (Phi) is 6.60. The highest BCUT2D eigenvalue weighted by molar-refractivity contribution is 9.11. The van der Waals surface area contributed by atoms with Crippen LogP contribution in [0.5, 0.6) is 5.75 Å². The minimum Gasteiger partial charge on any atom is -0.486 e. The lowest BCUT2D eigenvalue weighted by Gasteiger charge is -2.20. The number of amides is 2. The molecule has 1 aliphatic rings. The van der Waals surface area contributed by atoms with Crippen molar-refractivity contribution in [1.29, 1.82) is 0 Å². The van der Waals surface area contributed by atoms with Gasteiger partial charge < -0.3 is 9.08 Å². The van der Waals surface area contributed by atoms with Crippen LogP contribution < -0.4 is 4.90 Å². The van der Waals surface area contributed by atoms with E-state index in [0.29, 0.717) is 23.1 Å². The summed E-state index contributed by atoms with van der Waals surface area (Å²) in [5.41, 5.74) is 0.817. The molecule has 1 aliphatic heterocycles. The molecule has 2 amide bonds. The largest absolute Gasteiger partial charge is 0.486 e. The number of aromatic hydroxyl groups is 1. The Hall–Kier alpha value is -1.38. The normalized spacial score (nSPS) is 15.5. The molecule has 27 heavy (non-hydrogen) atoms. The van der Waals surface area contributed by atoms with E-state index in [1.165, 1.54) is 0 Å². The number of nitrogens with zero attached hydrogens (tertiary/aromatic N) is 2. The highest BCUT2D eigenvalue weighted by Crippen LogP contribution is 2.28. The molecule has 0 saturated carbocycles. The molecule has 1 fully saturated rings. The van der Waals surface area contributed by atoms with Crippen LogP contribution in [0.2, 0.25) is 0 Å². The third-order valence-corrected chi connectivity index (χ3v) is 6.03. The number of hydrogen-bond donors (Lipinski definition) is 0. The molecule has 2 aromatic rings. The van der Waals surface area contributed by atoms with Gasteiger partial charge in [0.2, 0.25) is 0 Å². The van der Waals surface area contributed by atoms with Gasteiger partial charge in [-0.25, -0.2) is 4.79 Å². The lowest BCUT2D eigenvalue weighted by Crippen LogP contribution is -2.34. The molecule has 1 saturated heterocycles. The first-order valence-electron chi connectivity index (χ1n) is 8.59. The highest BCUT2D eigenvalue weighted by atomic mass is 79.9. The lowest BCUT2D eigenvalue weighted by atomic mass is 10.2. The smallest absolute Gasteiger partial charge is 0.381 e. The number of anilines is 1. The Morgan fingerprint density at radius 2 is 1.70 bits per heavy atom. The minimum atomic E-state index is -1.51. The molecule has 0 aromatic heterocycles. The van der Waals surface area contributed by atoms with Gasteiger partial charge in [-0.1, -0.05) is 45.7 Å². The number of urea groups is 1. The summed E-state index contributed by atoms with van der Waals surface area (Å²) in [5.74, 6) is 1.07. The van der Waals surface area contributed by atoms with Crippen LogP contribution in [0.3, 0.4) is 0 Å². The topological polar surface area (TPSA) is 53.4 Å². The third kappa shape index (κ3) is 5.12. The second-order valence-electron chi connectivity index (χ2n) is 6.74. The van der Waals surface area contributed by atoms with Crippen LogP contribution >= 0.6 is 31.9 Å². The van der Waals surface area contributed by atoms with Gasteiger partial charge in [0, 0.05) is 46.4 Å². The number of halogens is 2. The summed E-state index contributed by atoms with van der Waals surface area (Å²) in [6.45, 7) is 6.38. The molecule has 1 heterocycles. The Bertz CT molecular complexity index is 838. The summed E-state index contributed by atoms with van der Waals surface area (Å²) in [6, 6.07) is 12.7. The zero-order valence-corrected chi connectivity index (χ0v) is 19.1. The van der Waals surface area contributed by atoms with Crippen LogP contribution in [0, 0.1) is 5.92 Å². The van der Waals surface area contributed by atoms with Crippen LogP contribution in [0.15, 0.2) is 56.3 Å². The summed E-state index contributed by atoms with van der Waals surface area (Å²) < 4.78 is 18.5. The van der Waals surface area contributed by atoms with Crippen LogP contribution in [-0.2, 0) is 11.1 Å². The van der Waals surface area contributed by atoms with Gasteiger partial charge in [-0.05, 0) is 36.2 Å². The number of benzene rings is 2. The van der Waals surface area contributed by atoms with Gasteiger partial charge in [0.1, 0.15) is 4.90 Å². The fourth-order valence-corrected chi connectivity index (χ4v) is 4.96. The van der Waals surface area contributed by atoms with Gasteiger partial charge in [0.05, 0.1) is 0 Å². The van der Waals surface area contributed by atoms with Crippen molar-refractivity contribution in [3.63, 3.8) is 0 Å². The fraction of sp³-hybridized carbons (Fsp3) is 0.316. The van der Waals surface area contributed by atoms with Crippen molar-refractivity contribution in [2.45, 2.75) is 18.7 Å². The summed E-state index contributed by atoms with van der Waals surface area (Å²) in [6.07, 6.45) is 0. The van der Waals surface area contributed by atoms with E-state index in [-0.39, 0.29) is 6.03 Å². The van der Waals surface area contributed by atoms with Crippen LogP contribution in [-0.4, -0.2) is 39.0 Å². The molecule has 1 unspecified atom stereocenters. The van der Waals surface area contributed by atoms with Gasteiger partial charge in [-0.3, -0.25) is 4.90 Å². The molecule has 8 heteroatoms. The van der Waals surface area contributed by atoms with Crippen LogP contribution in [0.1, 0.15) is 13.8 Å². The van der Waals surface area contributed by atoms with Gasteiger partial charge in [0.15, 0.2) is 0 Å². The van der Waals surface area contributed by atoms with E-state index in [2.05, 4.69) is 49.9 Å². The summed E-state index contributed by atoms with van der Waals surface area (Å²) in [5, 5.41) is 0. The zero-order chi connectivity index (χ0) is 19.6. The maximum atomic E-state index is 12.5. The predicted molar refractivity (Wildman–Crippen MR) is 116 cm³/mol. The fourth-order valence-electron chi connectivity index (χ4n) is 2.92. The van der Waals surface area contributed by atoms with E-state index in [1.807, 2.05) is 35.2 Å². The van der Waals surface area contributed by atoms with Gasteiger partial charge in [-0.2, -0.15) is 4.21 Å². The number of rotatable bonds is 6. The SMILES string of the molecule is CC(C)CN1CCN(c2ccc(S(=O)[OH+]c3cc(Br)cc(Br)c3)cc2)C1=O. The molecule has 1 N–H and O–H groups in total. The van der Waals surface area contributed by atoms with Crippen molar-refractivity contribution in [2.75, 3.05) is 24.5 Å². The summed E-state index contributed by atoms with van der Waals surface area (Å²) >= 11 is 5.29. The van der Waals surface area contributed by atoms with Crippen molar-refractivity contribution >= 4 is 54.7 Å². The van der Waals surface area contributed by atoms with E-state index < -0.39 is 11.1 Å². The predicted octanol–water partition coefficient (Wildman–Crippen LogP) is 5.07. The van der Waals surface area contributed by atoms with Crippen LogP contribution in [0.4, 0.5) is 10.5 Å². The molecule has 1 atom stereocenters. The molecule has 0 spiro atoms. The first-order chi connectivity index (χ1) is 12.8. The molecule has 0 aliphatic carbocycles. The van der Waals surface area contributed by atoms with E-state index in [1.54, 1.807) is 17.0 Å². The highest BCUT2D eigenvalue weighted by Gasteiger charge is 2.29. The molecule has 2 aromatic carbocycles. The molecule has 144 valence electrons. The second-order valence-corrected chi connectivity index (χ2v) is 9.72. The standard InChI is InChI=1S/C19H20Br2N2O3S/c1-13(2)12-22-7-8-23(19(22)24)16-3-5-18(6-4-16)27(25)26-17-10-14(20)9-15(21)11-17/h3-6,9-11,13H,7-8,12H2,1-2H3/p+1. The molecular formula is C19H21Br2N2O3S+. The van der Waals surface area contributed by atoms with Crippen molar-refractivity contribution < 1.29 is 13.2 Å². The van der Waals surface area contributed by atoms with Crippen molar-refractivity contribution in [1.82, 2.24) is 4.90 Å². The van der Waals surface area contributed by atoms with E-state index in [4.69, 9.17) is 0 Å². The van der Waals surface area contributed by atoms with Crippen molar-refractivity contribution in [3.8, 4) is 5.75 Å². The Labute approximate surface area is 178 Å². The molecule has 0 bridgehead atoms. The summed E-state index contributed by atoms with van der Waals surface area (Å²) in [7, 11) is 0. The zero-order valence-electron chi connectivity index (χ0n) is 15.1. The number of carbonyl (C=O) groups is 1. The van der Waals surface area contributed by atoms with Gasteiger partial charge >= 0.3 is 17.1 Å². The van der Waals surface area contributed by atoms with Crippen molar-refractivity contribution in [3.05, 3.63) is 51.4 Å². The quantitative estimate of drug-likeness (QED) is 0.397. The molecular weight excluding hydrogens is 496 g/mol. The van der Waals surface area contributed by atoms with E-state index >= 15 is 0 Å². The maximum Gasteiger partial charge on any atom is 0.381 e. The van der Waals surface area contributed by atoms with Gasteiger partial charge in [-0.15, -0.1) is 0 Å². The first kappa shape index (κ1) is 20.4. The Balaban J connectivity index is 1.68. The Morgan fingerprint density at radius 1 is 1.07 bits per heavy atom. The van der Waals surface area contributed by atoms with Gasteiger partial charge in [0.25, 0.3) is 5.75 Å². The average Bonchev–Trinajstić information content (AvgIpc) is 2.94. The minimum absolute atomic E-state index is 0.0289. The average molecular weight is 517 g/mol. The first-order valence-corrected chi connectivity index (χ1v) is 11.3. The number of hydrogen-bond acceptors (Lipinski definition) is 2. The van der Waals surface area contributed by atoms with E-state index in [9.17, 15) is 9.00 Å².